The van der Waals surface area contributed by atoms with Gasteiger partial charge < -0.3 is 14.6 Å². The molecule has 0 aliphatic rings. The number of carbonyl (C=O) groups is 1. The Morgan fingerprint density at radius 2 is 2.00 bits per heavy atom. The van der Waals surface area contributed by atoms with Gasteiger partial charge in [-0.05, 0) is 44.9 Å². The summed E-state index contributed by atoms with van der Waals surface area (Å²) in [5, 5.41) is 10.8. The van der Waals surface area contributed by atoms with Crippen molar-refractivity contribution < 1.29 is 19.4 Å². The highest BCUT2D eigenvalue weighted by atomic mass is 32.1. The second-order valence-electron chi connectivity index (χ2n) is 7.04. The lowest BCUT2D eigenvalue weighted by molar-refractivity contribution is 0.0605. The zero-order valence-corrected chi connectivity index (χ0v) is 17.9. The number of thiophene rings is 1. The van der Waals surface area contributed by atoms with Crippen molar-refractivity contribution in [2.45, 2.75) is 40.3 Å². The molecule has 3 rings (SSSR count). The summed E-state index contributed by atoms with van der Waals surface area (Å²) in [5.41, 5.74) is 2.37. The summed E-state index contributed by atoms with van der Waals surface area (Å²) in [4.78, 5) is 30.3. The molecule has 1 atom stereocenters. The number of esters is 1. The molecule has 0 amide bonds. The maximum atomic E-state index is 13.0. The molecule has 154 valence electrons. The maximum Gasteiger partial charge on any atom is 0.348 e. The topological polar surface area (TPSA) is 90.7 Å². The van der Waals surface area contributed by atoms with Crippen molar-refractivity contribution in [3.8, 4) is 5.75 Å². The van der Waals surface area contributed by atoms with Gasteiger partial charge in [0.15, 0.2) is 0 Å². The molecule has 8 heteroatoms. The Morgan fingerprint density at radius 1 is 1.28 bits per heavy atom. The number of aryl methyl sites for hydroxylation is 4. The summed E-state index contributed by atoms with van der Waals surface area (Å²) in [6, 6.07) is 5.82. The van der Waals surface area contributed by atoms with Crippen LogP contribution in [-0.4, -0.2) is 40.4 Å². The number of hydrogen-bond acceptors (Lipinski definition) is 7. The predicted molar refractivity (Wildman–Crippen MR) is 112 cm³/mol. The molecule has 1 N–H and O–H groups in total. The van der Waals surface area contributed by atoms with E-state index in [2.05, 4.69) is 4.98 Å². The predicted octanol–water partition coefficient (Wildman–Crippen LogP) is 2.92. The van der Waals surface area contributed by atoms with Crippen molar-refractivity contribution in [1.82, 2.24) is 9.55 Å². The van der Waals surface area contributed by atoms with Crippen LogP contribution < -0.4 is 10.3 Å². The van der Waals surface area contributed by atoms with E-state index in [1.807, 2.05) is 32.0 Å². The number of hydrogen-bond donors (Lipinski definition) is 1. The third-order valence-corrected chi connectivity index (χ3v) is 5.93. The Kier molecular flexibility index (Phi) is 6.04. The van der Waals surface area contributed by atoms with Crippen LogP contribution in [0.2, 0.25) is 0 Å². The third-order valence-electron chi connectivity index (χ3n) is 4.77. The van der Waals surface area contributed by atoms with Crippen LogP contribution in [0.5, 0.6) is 5.75 Å². The quantitative estimate of drug-likeness (QED) is 0.622. The Bertz CT molecular complexity index is 1130. The highest BCUT2D eigenvalue weighted by Crippen LogP contribution is 2.28. The van der Waals surface area contributed by atoms with Gasteiger partial charge in [-0.3, -0.25) is 9.36 Å². The van der Waals surface area contributed by atoms with Gasteiger partial charge in [-0.2, -0.15) is 0 Å². The van der Waals surface area contributed by atoms with Crippen molar-refractivity contribution in [3.05, 3.63) is 55.9 Å². The minimum Gasteiger partial charge on any atom is -0.491 e. The fraction of sp³-hybridized carbons (Fsp3) is 0.381. The summed E-state index contributed by atoms with van der Waals surface area (Å²) < 4.78 is 11.9. The molecular formula is C21H24N2O5S. The van der Waals surface area contributed by atoms with Crippen molar-refractivity contribution in [2.75, 3.05) is 13.7 Å². The van der Waals surface area contributed by atoms with Crippen LogP contribution in [0.25, 0.3) is 10.2 Å². The Morgan fingerprint density at radius 3 is 2.66 bits per heavy atom. The van der Waals surface area contributed by atoms with Crippen LogP contribution in [-0.2, 0) is 11.3 Å². The number of benzene rings is 1. The highest BCUT2D eigenvalue weighted by molar-refractivity contribution is 7.20. The molecule has 0 aliphatic heterocycles. The molecule has 2 heterocycles. The Balaban J connectivity index is 1.84. The zero-order valence-electron chi connectivity index (χ0n) is 17.1. The number of nitrogens with zero attached hydrogens (tertiary/aromatic N) is 2. The molecule has 0 fully saturated rings. The van der Waals surface area contributed by atoms with Crippen molar-refractivity contribution >= 4 is 27.5 Å². The molecular weight excluding hydrogens is 392 g/mol. The number of aliphatic hydroxyl groups excluding tert-OH is 1. The van der Waals surface area contributed by atoms with E-state index < -0.39 is 12.1 Å². The number of ether oxygens (including phenoxy) is 2. The fourth-order valence-corrected chi connectivity index (χ4v) is 4.37. The van der Waals surface area contributed by atoms with Crippen LogP contribution in [0.1, 0.15) is 32.2 Å². The number of rotatable bonds is 6. The molecule has 0 saturated heterocycles. The van der Waals surface area contributed by atoms with Crippen LogP contribution in [0.4, 0.5) is 0 Å². The third kappa shape index (κ3) is 4.18. The Labute approximate surface area is 172 Å². The first-order chi connectivity index (χ1) is 13.7. The average molecular weight is 416 g/mol. The van der Waals surface area contributed by atoms with Gasteiger partial charge in [-0.1, -0.05) is 17.7 Å². The van der Waals surface area contributed by atoms with Gasteiger partial charge in [0.1, 0.15) is 34.0 Å². The van der Waals surface area contributed by atoms with E-state index in [4.69, 9.17) is 9.47 Å². The van der Waals surface area contributed by atoms with Gasteiger partial charge in [0.05, 0.1) is 19.0 Å². The molecule has 0 bridgehead atoms. The second kappa shape index (κ2) is 8.34. The first-order valence-corrected chi connectivity index (χ1v) is 10.0. The second-order valence-corrected chi connectivity index (χ2v) is 8.04. The molecule has 0 saturated carbocycles. The molecule has 2 aromatic heterocycles. The molecule has 0 spiro atoms. The number of aliphatic hydroxyl groups is 1. The minimum atomic E-state index is -0.898. The van der Waals surface area contributed by atoms with Gasteiger partial charge in [0.25, 0.3) is 5.56 Å². The van der Waals surface area contributed by atoms with Crippen LogP contribution in [0.3, 0.4) is 0 Å². The first-order valence-electron chi connectivity index (χ1n) is 9.20. The summed E-state index contributed by atoms with van der Waals surface area (Å²) in [5.74, 6) is 0.672. The molecule has 3 aromatic rings. The van der Waals surface area contributed by atoms with E-state index in [1.165, 1.54) is 11.7 Å². The van der Waals surface area contributed by atoms with E-state index in [-0.39, 0.29) is 18.7 Å². The van der Waals surface area contributed by atoms with Gasteiger partial charge in [0.2, 0.25) is 0 Å². The van der Waals surface area contributed by atoms with E-state index in [0.717, 1.165) is 22.5 Å². The molecule has 1 aromatic carbocycles. The van der Waals surface area contributed by atoms with E-state index in [9.17, 15) is 14.7 Å². The monoisotopic (exact) mass is 416 g/mol. The lowest BCUT2D eigenvalue weighted by atomic mass is 10.1. The van der Waals surface area contributed by atoms with Gasteiger partial charge in [-0.25, -0.2) is 9.78 Å². The molecule has 0 aliphatic carbocycles. The number of methoxy groups -OCH3 is 1. The lowest BCUT2D eigenvalue weighted by Gasteiger charge is -2.16. The van der Waals surface area contributed by atoms with Crippen LogP contribution in [0, 0.1) is 27.7 Å². The van der Waals surface area contributed by atoms with Crippen LogP contribution in [0.15, 0.2) is 23.0 Å². The molecule has 1 unspecified atom stereocenters. The highest BCUT2D eigenvalue weighted by Gasteiger charge is 2.22. The largest absolute Gasteiger partial charge is 0.491 e. The van der Waals surface area contributed by atoms with Crippen molar-refractivity contribution in [1.29, 1.82) is 0 Å². The maximum absolute atomic E-state index is 13.0. The zero-order chi connectivity index (χ0) is 21.3. The molecule has 0 radical (unpaired) electrons. The summed E-state index contributed by atoms with van der Waals surface area (Å²) in [7, 11) is 1.30. The first kappa shape index (κ1) is 21.0. The van der Waals surface area contributed by atoms with Gasteiger partial charge >= 0.3 is 5.97 Å². The van der Waals surface area contributed by atoms with Crippen molar-refractivity contribution in [2.24, 2.45) is 0 Å². The molecule has 29 heavy (non-hydrogen) atoms. The standard InChI is InChI=1S/C21H24N2O5S/c1-11-6-7-16(12(2)8-11)28-10-15(24)9-23-14(4)22-19-17(20(23)25)13(3)18(29-19)21(26)27-5/h6-8,15,24H,9-10H2,1-5H3. The summed E-state index contributed by atoms with van der Waals surface area (Å²) in [6.45, 7) is 7.44. The molecule has 7 nitrogen and oxygen atoms in total. The minimum absolute atomic E-state index is 0.0430. The van der Waals surface area contributed by atoms with Gasteiger partial charge in [-0.15, -0.1) is 11.3 Å². The Hall–Kier alpha value is -2.71. The van der Waals surface area contributed by atoms with Crippen molar-refractivity contribution in [3.63, 3.8) is 0 Å². The smallest absolute Gasteiger partial charge is 0.348 e. The van der Waals surface area contributed by atoms with E-state index >= 15 is 0 Å². The summed E-state index contributed by atoms with van der Waals surface area (Å²) >= 11 is 1.14. The fourth-order valence-electron chi connectivity index (χ4n) is 3.23. The van der Waals surface area contributed by atoms with E-state index in [0.29, 0.717) is 32.2 Å². The number of carbonyl (C=O) groups excluding carboxylic acids is 1. The SMILES string of the molecule is COC(=O)c1sc2nc(C)n(CC(O)COc3ccc(C)cc3C)c(=O)c2c1C. The lowest BCUT2D eigenvalue weighted by Crippen LogP contribution is -2.32. The number of fused-ring (bicyclic) bond motifs is 1. The summed E-state index contributed by atoms with van der Waals surface area (Å²) in [6.07, 6.45) is -0.898. The number of aromatic nitrogens is 2. The van der Waals surface area contributed by atoms with Gasteiger partial charge in [0, 0.05) is 0 Å². The normalized spacial score (nSPS) is 12.2. The van der Waals surface area contributed by atoms with Crippen LogP contribution >= 0.6 is 11.3 Å². The average Bonchev–Trinajstić information content (AvgIpc) is 3.00. The van der Waals surface area contributed by atoms with E-state index in [1.54, 1.807) is 13.8 Å².